The minimum atomic E-state index is -0.289. The summed E-state index contributed by atoms with van der Waals surface area (Å²) in [5, 5.41) is 21.4. The molecule has 4 N–H and O–H groups in total. The third-order valence-electron chi connectivity index (χ3n) is 11.3. The normalized spacial score (nSPS) is 12.7. The summed E-state index contributed by atoms with van der Waals surface area (Å²) in [6, 6.07) is 18.7. The average Bonchev–Trinajstić information content (AvgIpc) is 3.85. The van der Waals surface area contributed by atoms with Gasteiger partial charge in [0.2, 0.25) is 5.91 Å². The second-order valence-corrected chi connectivity index (χ2v) is 24.8. The fraction of sp³-hybridized carbons (Fsp3) is 0.571. The van der Waals surface area contributed by atoms with Crippen LogP contribution in [0.25, 0.3) is 11.3 Å². The number of rotatable bonds is 30. The molecular formula is C56H87N7O4S8. The van der Waals surface area contributed by atoms with Crippen LogP contribution in [-0.2, 0) is 66.0 Å². The Kier molecular flexibility index (Phi) is 34.1. The molecule has 19 heteroatoms. The summed E-state index contributed by atoms with van der Waals surface area (Å²) < 4.78 is 1.74. The van der Waals surface area contributed by atoms with Gasteiger partial charge in [0.1, 0.15) is 5.69 Å². The van der Waals surface area contributed by atoms with Crippen molar-refractivity contribution in [1.82, 2.24) is 30.9 Å². The summed E-state index contributed by atoms with van der Waals surface area (Å²) in [5.74, 6) is 6.27. The molecule has 75 heavy (non-hydrogen) atoms. The molecule has 1 aromatic heterocycles. The first-order valence-electron chi connectivity index (χ1n) is 25.8. The maximum atomic E-state index is 12.5. The SMILES string of the molecule is CC(C)NC(CCC(=O)Nc1cc(CS)cc(CS)c1)C(=O)C(C)C.CC(C)NC(CSSCc1cc(CS)cc(CS)c1)C(=O)C(C)C.CC(C)NC(Cn1cc(-c2cc(CS)cc(CS)c2)nn1)C(=O)C(C)C. The van der Waals surface area contributed by atoms with E-state index in [1.165, 1.54) is 16.7 Å². The smallest absolute Gasteiger partial charge is 0.224 e. The summed E-state index contributed by atoms with van der Waals surface area (Å²) in [6.45, 7) is 24.3. The highest BCUT2D eigenvalue weighted by molar-refractivity contribution is 8.76. The standard InChI is InChI=1S/C19H28N4OS2.C19H30N2O2S2.C18H29NOS4/c1-12(2)19(24)18(20-13(3)4)9-23-8-17(21-22-23)16-6-14(10-25)5-15(7-16)11-26;1-12(2)19(23)17(20-13(3)4)5-6-18(22)21-16-8-14(10-24)7-15(9-16)11-25;1-12(2)18(20)17(19-13(3)4)11-24-23-10-16-6-14(8-21)5-15(7-16)9-22/h5-8,12-13,18,20,25-26H,9-11H2,1-4H3;7-9,12-13,17,20,24-25H,5-6,10-11H2,1-4H3,(H,21,22);5-7,12-13,17,19,21-22H,8-11H2,1-4H3. The van der Waals surface area contributed by atoms with E-state index in [9.17, 15) is 19.2 Å². The minimum Gasteiger partial charge on any atom is -0.326 e. The van der Waals surface area contributed by atoms with E-state index in [2.05, 4.69) is 158 Å². The van der Waals surface area contributed by atoms with Crippen LogP contribution in [0.2, 0.25) is 0 Å². The van der Waals surface area contributed by atoms with Gasteiger partial charge >= 0.3 is 0 Å². The Morgan fingerprint density at radius 1 is 0.507 bits per heavy atom. The highest BCUT2D eigenvalue weighted by Gasteiger charge is 2.25. The molecular weight excluding hydrogens is 1090 g/mol. The third-order valence-corrected chi connectivity index (χ3v) is 15.9. The molecule has 418 valence electrons. The fourth-order valence-corrected chi connectivity index (χ4v) is 11.1. The fourth-order valence-electron chi connectivity index (χ4n) is 7.81. The van der Waals surface area contributed by atoms with Crippen LogP contribution in [0, 0.1) is 17.8 Å². The molecule has 1 amide bonds. The molecule has 11 nitrogen and oxygen atoms in total. The van der Waals surface area contributed by atoms with Crippen molar-refractivity contribution in [3.05, 3.63) is 99.7 Å². The number of ketones is 3. The van der Waals surface area contributed by atoms with Crippen LogP contribution in [0.1, 0.15) is 135 Å². The van der Waals surface area contributed by atoms with Crippen LogP contribution in [0.15, 0.2) is 60.8 Å². The summed E-state index contributed by atoms with van der Waals surface area (Å²) >= 11 is 26.1. The van der Waals surface area contributed by atoms with Gasteiger partial charge in [-0.25, -0.2) is 4.68 Å². The van der Waals surface area contributed by atoms with Crippen molar-refractivity contribution in [1.29, 1.82) is 0 Å². The number of nitrogens with zero attached hydrogens (tertiary/aromatic N) is 3. The van der Waals surface area contributed by atoms with E-state index in [4.69, 9.17) is 0 Å². The van der Waals surface area contributed by atoms with Crippen molar-refractivity contribution in [2.75, 3.05) is 11.1 Å². The Labute approximate surface area is 491 Å². The molecule has 0 aliphatic rings. The zero-order valence-corrected chi connectivity index (χ0v) is 53.2. The molecule has 4 aromatic rings. The Bertz CT molecular complexity index is 2300. The molecule has 4 rings (SSSR count). The topological polar surface area (TPSA) is 147 Å². The zero-order chi connectivity index (χ0) is 56.4. The number of carbonyl (C=O) groups is 4. The van der Waals surface area contributed by atoms with Gasteiger partial charge in [-0.1, -0.05) is 140 Å². The summed E-state index contributed by atoms with van der Waals surface area (Å²) in [7, 11) is 3.57. The van der Waals surface area contributed by atoms with Crippen LogP contribution in [0.4, 0.5) is 5.69 Å². The molecule has 0 bridgehead atoms. The van der Waals surface area contributed by atoms with Gasteiger partial charge in [0.15, 0.2) is 17.3 Å². The van der Waals surface area contributed by atoms with Crippen LogP contribution in [-0.4, -0.2) is 80.3 Å². The molecule has 3 aromatic carbocycles. The van der Waals surface area contributed by atoms with Crippen LogP contribution < -0.4 is 21.3 Å². The van der Waals surface area contributed by atoms with Crippen LogP contribution >= 0.6 is 97.4 Å². The number of amides is 1. The van der Waals surface area contributed by atoms with Crippen molar-refractivity contribution in [3.8, 4) is 11.3 Å². The van der Waals surface area contributed by atoms with Crippen molar-refractivity contribution in [2.24, 2.45) is 17.8 Å². The summed E-state index contributed by atoms with van der Waals surface area (Å²) in [4.78, 5) is 49.4. The molecule has 0 radical (unpaired) electrons. The summed E-state index contributed by atoms with van der Waals surface area (Å²) in [6.07, 6.45) is 2.68. The number of hydrogen-bond acceptors (Lipinski definition) is 17. The molecule has 0 saturated heterocycles. The molecule has 3 atom stereocenters. The van der Waals surface area contributed by atoms with Gasteiger partial charge < -0.3 is 21.3 Å². The van der Waals surface area contributed by atoms with E-state index in [-0.39, 0.29) is 65.4 Å². The molecule has 1 heterocycles. The quantitative estimate of drug-likeness (QED) is 0.0138. The number of anilines is 1. The van der Waals surface area contributed by atoms with E-state index >= 15 is 0 Å². The molecule has 0 fully saturated rings. The monoisotopic (exact) mass is 1180 g/mol. The zero-order valence-electron chi connectivity index (χ0n) is 46.2. The molecule has 0 aliphatic carbocycles. The second-order valence-electron chi connectivity index (χ2n) is 20.4. The van der Waals surface area contributed by atoms with Gasteiger partial charge in [-0.2, -0.15) is 75.8 Å². The van der Waals surface area contributed by atoms with Crippen molar-refractivity contribution in [3.63, 3.8) is 0 Å². The maximum absolute atomic E-state index is 12.5. The molecule has 0 saturated carbocycles. The Morgan fingerprint density at radius 2 is 0.893 bits per heavy atom. The van der Waals surface area contributed by atoms with Crippen LogP contribution in [0.3, 0.4) is 0 Å². The maximum Gasteiger partial charge on any atom is 0.224 e. The van der Waals surface area contributed by atoms with Gasteiger partial charge in [0, 0.05) is 99.6 Å². The molecule has 0 spiro atoms. The van der Waals surface area contributed by atoms with E-state index in [0.717, 1.165) is 62.2 Å². The second kappa shape index (κ2) is 37.0. The van der Waals surface area contributed by atoms with Gasteiger partial charge in [-0.3, -0.25) is 19.2 Å². The van der Waals surface area contributed by atoms with Gasteiger partial charge in [0.25, 0.3) is 0 Å². The predicted molar refractivity (Wildman–Crippen MR) is 342 cm³/mol. The Hall–Kier alpha value is -2.04. The number of aromatic nitrogens is 3. The van der Waals surface area contributed by atoms with Gasteiger partial charge in [0.05, 0.1) is 30.9 Å². The lowest BCUT2D eigenvalue weighted by atomic mass is 9.97. The number of thiol groups is 6. The lowest BCUT2D eigenvalue weighted by Gasteiger charge is -2.21. The Morgan fingerprint density at radius 3 is 1.33 bits per heavy atom. The van der Waals surface area contributed by atoms with E-state index in [1.807, 2.05) is 93.6 Å². The molecule has 0 aliphatic heterocycles. The average molecular weight is 1180 g/mol. The molecule has 3 unspecified atom stereocenters. The van der Waals surface area contributed by atoms with Gasteiger partial charge in [-0.15, -0.1) is 5.10 Å². The lowest BCUT2D eigenvalue weighted by molar-refractivity contribution is -0.125. The summed E-state index contributed by atoms with van der Waals surface area (Å²) in [5.41, 5.74) is 10.6. The van der Waals surface area contributed by atoms with Crippen molar-refractivity contribution >= 4 is 126 Å². The largest absolute Gasteiger partial charge is 0.326 e. The minimum absolute atomic E-state index is 0.0285. The first-order chi connectivity index (χ1) is 35.5. The number of Topliss-reactive ketones (excluding diaryl/α,β-unsaturated/α-hetero) is 3. The van der Waals surface area contributed by atoms with Crippen LogP contribution in [0.5, 0.6) is 0 Å². The number of nitrogens with one attached hydrogen (secondary N) is 4. The van der Waals surface area contributed by atoms with E-state index in [1.54, 1.807) is 26.3 Å². The van der Waals surface area contributed by atoms with Crippen molar-refractivity contribution < 1.29 is 19.2 Å². The first kappa shape index (κ1) is 69.1. The first-order valence-corrected chi connectivity index (χ1v) is 32.1. The van der Waals surface area contributed by atoms with E-state index in [0.29, 0.717) is 54.2 Å². The number of benzene rings is 3. The van der Waals surface area contributed by atoms with Gasteiger partial charge in [-0.05, 0) is 69.6 Å². The highest BCUT2D eigenvalue weighted by atomic mass is 33.1. The highest BCUT2D eigenvalue weighted by Crippen LogP contribution is 2.29. The van der Waals surface area contributed by atoms with E-state index < -0.39 is 0 Å². The number of carbonyl (C=O) groups excluding carboxylic acids is 4. The lowest BCUT2D eigenvalue weighted by Crippen LogP contribution is -2.45. The van der Waals surface area contributed by atoms with Crippen molar-refractivity contribution in [2.45, 2.75) is 179 Å². The Balaban J connectivity index is 0.000000385. The third kappa shape index (κ3) is 26.7. The predicted octanol–water partition coefficient (Wildman–Crippen LogP) is 12.3. The number of hydrogen-bond donors (Lipinski definition) is 10.